The maximum absolute atomic E-state index is 11.8. The topological polar surface area (TPSA) is 70.7 Å². The predicted octanol–water partition coefficient (Wildman–Crippen LogP) is 1.59. The van der Waals surface area contributed by atoms with E-state index in [-0.39, 0.29) is 5.91 Å². The van der Waals surface area contributed by atoms with E-state index in [0.717, 1.165) is 6.42 Å². The Balaban J connectivity index is 1.73. The van der Waals surface area contributed by atoms with E-state index >= 15 is 0 Å². The lowest BCUT2D eigenvalue weighted by Gasteiger charge is -2.29. The van der Waals surface area contributed by atoms with Gasteiger partial charge in [-0.05, 0) is 18.8 Å². The molecule has 6 heteroatoms. The van der Waals surface area contributed by atoms with Crippen LogP contribution in [0.25, 0.3) is 0 Å². The van der Waals surface area contributed by atoms with E-state index in [9.17, 15) is 4.79 Å². The zero-order valence-corrected chi connectivity index (χ0v) is 10.8. The van der Waals surface area contributed by atoms with Crippen molar-refractivity contribution in [1.82, 2.24) is 20.5 Å². The Morgan fingerprint density at radius 1 is 1.59 bits per heavy atom. The minimum Gasteiger partial charge on any atom is -0.352 e. The number of hydrogen-bond donors (Lipinski definition) is 2. The molecule has 1 saturated carbocycles. The SMILES string of the molecule is C[C@@H]1CCCC[C@H]1NC(=O)CSc1ncn[nH]1. The molecule has 1 aliphatic rings. The number of hydrogen-bond acceptors (Lipinski definition) is 4. The quantitative estimate of drug-likeness (QED) is 0.801. The van der Waals surface area contributed by atoms with Gasteiger partial charge in [-0.15, -0.1) is 0 Å². The maximum atomic E-state index is 11.8. The van der Waals surface area contributed by atoms with Crippen molar-refractivity contribution in [3.8, 4) is 0 Å². The Hall–Kier alpha value is -1.04. The number of amides is 1. The van der Waals surface area contributed by atoms with Crippen molar-refractivity contribution in [3.05, 3.63) is 6.33 Å². The number of rotatable bonds is 4. The summed E-state index contributed by atoms with van der Waals surface area (Å²) in [5.74, 6) is 1.09. The van der Waals surface area contributed by atoms with Crippen molar-refractivity contribution in [2.24, 2.45) is 5.92 Å². The van der Waals surface area contributed by atoms with Gasteiger partial charge in [0.15, 0.2) is 5.16 Å². The number of nitrogens with zero attached hydrogens (tertiary/aromatic N) is 2. The monoisotopic (exact) mass is 254 g/mol. The molecule has 17 heavy (non-hydrogen) atoms. The lowest BCUT2D eigenvalue weighted by molar-refractivity contribution is -0.119. The summed E-state index contributed by atoms with van der Waals surface area (Å²) in [5.41, 5.74) is 0. The van der Waals surface area contributed by atoms with Gasteiger partial charge in [-0.3, -0.25) is 9.89 Å². The second-order valence-electron chi connectivity index (χ2n) is 4.52. The second kappa shape index (κ2) is 6.05. The Labute approximate surface area is 105 Å². The molecule has 0 saturated heterocycles. The van der Waals surface area contributed by atoms with Gasteiger partial charge in [0, 0.05) is 6.04 Å². The third kappa shape index (κ3) is 3.73. The summed E-state index contributed by atoms with van der Waals surface area (Å²) in [6.07, 6.45) is 6.30. The maximum Gasteiger partial charge on any atom is 0.230 e. The van der Waals surface area contributed by atoms with Crippen LogP contribution in [0.5, 0.6) is 0 Å². The molecule has 2 N–H and O–H groups in total. The van der Waals surface area contributed by atoms with Crippen molar-refractivity contribution in [2.75, 3.05) is 5.75 Å². The Kier molecular flexibility index (Phi) is 4.42. The normalized spacial score (nSPS) is 24.5. The van der Waals surface area contributed by atoms with Gasteiger partial charge in [0.1, 0.15) is 6.33 Å². The summed E-state index contributed by atoms with van der Waals surface area (Å²) in [7, 11) is 0. The zero-order chi connectivity index (χ0) is 12.1. The highest BCUT2D eigenvalue weighted by atomic mass is 32.2. The van der Waals surface area contributed by atoms with Gasteiger partial charge in [0.05, 0.1) is 5.75 Å². The van der Waals surface area contributed by atoms with Gasteiger partial charge in [-0.25, -0.2) is 4.98 Å². The number of H-pyrrole nitrogens is 1. The number of thioether (sulfide) groups is 1. The van der Waals surface area contributed by atoms with E-state index in [1.807, 2.05) is 0 Å². The molecule has 0 spiro atoms. The summed E-state index contributed by atoms with van der Waals surface area (Å²) in [6.45, 7) is 2.22. The van der Waals surface area contributed by atoms with Crippen LogP contribution < -0.4 is 5.32 Å². The lowest BCUT2D eigenvalue weighted by Crippen LogP contribution is -2.41. The third-order valence-electron chi connectivity index (χ3n) is 3.19. The fraction of sp³-hybridized carbons (Fsp3) is 0.727. The molecule has 1 aliphatic carbocycles. The molecule has 94 valence electrons. The first-order valence-electron chi connectivity index (χ1n) is 6.03. The van der Waals surface area contributed by atoms with Gasteiger partial charge < -0.3 is 5.32 Å². The molecule has 0 aliphatic heterocycles. The van der Waals surface area contributed by atoms with E-state index in [2.05, 4.69) is 27.4 Å². The zero-order valence-electron chi connectivity index (χ0n) is 9.98. The number of aromatic nitrogens is 3. The van der Waals surface area contributed by atoms with Crippen molar-refractivity contribution in [1.29, 1.82) is 0 Å². The van der Waals surface area contributed by atoms with E-state index in [1.165, 1.54) is 37.4 Å². The predicted molar refractivity (Wildman–Crippen MR) is 66.7 cm³/mol. The van der Waals surface area contributed by atoms with E-state index in [0.29, 0.717) is 22.9 Å². The molecule has 0 radical (unpaired) electrons. The summed E-state index contributed by atoms with van der Waals surface area (Å²) < 4.78 is 0. The van der Waals surface area contributed by atoms with Gasteiger partial charge in [0.25, 0.3) is 0 Å². The molecule has 1 heterocycles. The molecule has 1 aromatic heterocycles. The number of carbonyl (C=O) groups excluding carboxylic acids is 1. The van der Waals surface area contributed by atoms with E-state index < -0.39 is 0 Å². The van der Waals surface area contributed by atoms with E-state index in [1.54, 1.807) is 0 Å². The summed E-state index contributed by atoms with van der Waals surface area (Å²) in [4.78, 5) is 15.7. The summed E-state index contributed by atoms with van der Waals surface area (Å²) in [6, 6.07) is 0.353. The van der Waals surface area contributed by atoms with Gasteiger partial charge >= 0.3 is 0 Å². The molecule has 1 aromatic rings. The molecule has 0 bridgehead atoms. The van der Waals surface area contributed by atoms with Gasteiger partial charge in [-0.1, -0.05) is 31.5 Å². The van der Waals surface area contributed by atoms with Crippen LogP contribution in [0.4, 0.5) is 0 Å². The van der Waals surface area contributed by atoms with Crippen LogP contribution >= 0.6 is 11.8 Å². The molecule has 1 fully saturated rings. The van der Waals surface area contributed by atoms with Crippen LogP contribution in [-0.4, -0.2) is 32.9 Å². The minimum absolute atomic E-state index is 0.0881. The van der Waals surface area contributed by atoms with Crippen LogP contribution in [0.1, 0.15) is 32.6 Å². The highest BCUT2D eigenvalue weighted by Gasteiger charge is 2.22. The highest BCUT2D eigenvalue weighted by Crippen LogP contribution is 2.23. The first-order valence-corrected chi connectivity index (χ1v) is 7.02. The first-order chi connectivity index (χ1) is 8.25. The van der Waals surface area contributed by atoms with Crippen molar-refractivity contribution < 1.29 is 4.79 Å². The van der Waals surface area contributed by atoms with Crippen molar-refractivity contribution in [2.45, 2.75) is 43.8 Å². The average molecular weight is 254 g/mol. The number of aromatic amines is 1. The number of carbonyl (C=O) groups is 1. The standard InChI is InChI=1S/C11H18N4OS/c1-8-4-2-3-5-9(8)14-10(16)6-17-11-12-7-13-15-11/h7-9H,2-6H2,1H3,(H,14,16)(H,12,13,15)/t8-,9-/m1/s1. The molecule has 1 amide bonds. The smallest absolute Gasteiger partial charge is 0.230 e. The van der Waals surface area contributed by atoms with Gasteiger partial charge in [0.2, 0.25) is 5.91 Å². The van der Waals surface area contributed by atoms with Crippen LogP contribution in [0.15, 0.2) is 11.5 Å². The highest BCUT2D eigenvalue weighted by molar-refractivity contribution is 7.99. The molecule has 2 atom stereocenters. The van der Waals surface area contributed by atoms with Crippen LogP contribution in [-0.2, 0) is 4.79 Å². The largest absolute Gasteiger partial charge is 0.352 e. The third-order valence-corrected chi connectivity index (χ3v) is 4.07. The fourth-order valence-corrected chi connectivity index (χ4v) is 2.77. The molecule has 0 unspecified atom stereocenters. The fourth-order valence-electron chi connectivity index (χ4n) is 2.18. The molecule has 5 nitrogen and oxygen atoms in total. The second-order valence-corrected chi connectivity index (χ2v) is 5.48. The summed E-state index contributed by atoms with van der Waals surface area (Å²) in [5, 5.41) is 10.3. The molecular formula is C11H18N4OS. The van der Waals surface area contributed by atoms with Crippen molar-refractivity contribution >= 4 is 17.7 Å². The molecular weight excluding hydrogens is 236 g/mol. The number of nitrogens with one attached hydrogen (secondary N) is 2. The first kappa shape index (κ1) is 12.4. The van der Waals surface area contributed by atoms with Crippen molar-refractivity contribution in [3.63, 3.8) is 0 Å². The lowest BCUT2D eigenvalue weighted by atomic mass is 9.86. The minimum atomic E-state index is 0.0881. The molecule has 0 aromatic carbocycles. The molecule has 2 rings (SSSR count). The Morgan fingerprint density at radius 2 is 2.41 bits per heavy atom. The van der Waals surface area contributed by atoms with Crippen LogP contribution in [0.2, 0.25) is 0 Å². The Morgan fingerprint density at radius 3 is 3.12 bits per heavy atom. The Bertz CT molecular complexity index is 354. The van der Waals surface area contributed by atoms with Crippen LogP contribution in [0, 0.1) is 5.92 Å². The summed E-state index contributed by atoms with van der Waals surface area (Å²) >= 11 is 1.38. The van der Waals surface area contributed by atoms with Gasteiger partial charge in [-0.2, -0.15) is 5.10 Å². The van der Waals surface area contributed by atoms with Crippen LogP contribution in [0.3, 0.4) is 0 Å². The average Bonchev–Trinajstić information content (AvgIpc) is 2.82. The van der Waals surface area contributed by atoms with E-state index in [4.69, 9.17) is 0 Å².